The third kappa shape index (κ3) is 5.94. The Hall–Kier alpha value is -3.62. The molecule has 1 amide bonds. The van der Waals surface area contributed by atoms with Gasteiger partial charge in [0.25, 0.3) is 11.6 Å². The Bertz CT molecular complexity index is 914. The van der Waals surface area contributed by atoms with Gasteiger partial charge in [0.05, 0.1) is 24.2 Å². The van der Waals surface area contributed by atoms with Gasteiger partial charge >= 0.3 is 5.97 Å². The standard InChI is InChI=1S/C21H24N2O7/c1-4-5-12-29-18-11-10-15(13-19(18)28-3)21(25)30-14(2)20(24)22-16-8-6-7-9-17(16)23(26)27/h6-11,13-14H,4-5,12H2,1-3H3,(H,22,24). The van der Waals surface area contributed by atoms with Crippen LogP contribution in [0.3, 0.4) is 0 Å². The zero-order valence-corrected chi connectivity index (χ0v) is 17.0. The van der Waals surface area contributed by atoms with E-state index in [9.17, 15) is 19.7 Å². The highest BCUT2D eigenvalue weighted by Crippen LogP contribution is 2.29. The van der Waals surface area contributed by atoms with Gasteiger partial charge < -0.3 is 19.5 Å². The van der Waals surface area contributed by atoms with Crippen LogP contribution in [0.4, 0.5) is 11.4 Å². The van der Waals surface area contributed by atoms with Crippen molar-refractivity contribution in [1.29, 1.82) is 0 Å². The fourth-order valence-corrected chi connectivity index (χ4v) is 2.50. The number of ether oxygens (including phenoxy) is 3. The highest BCUT2D eigenvalue weighted by molar-refractivity contribution is 5.98. The largest absolute Gasteiger partial charge is 0.493 e. The van der Waals surface area contributed by atoms with Crippen molar-refractivity contribution in [3.05, 3.63) is 58.1 Å². The molecule has 2 aromatic rings. The number of rotatable bonds is 10. The fourth-order valence-electron chi connectivity index (χ4n) is 2.50. The number of carbonyl (C=O) groups excluding carboxylic acids is 2. The predicted octanol–water partition coefficient (Wildman–Crippen LogP) is 3.97. The SMILES string of the molecule is CCCCOc1ccc(C(=O)OC(C)C(=O)Nc2ccccc2[N+](=O)[O-])cc1OC. The number of anilines is 1. The topological polar surface area (TPSA) is 117 Å². The Morgan fingerprint density at radius 1 is 1.17 bits per heavy atom. The first-order valence-corrected chi connectivity index (χ1v) is 9.43. The van der Waals surface area contributed by atoms with Crippen molar-refractivity contribution >= 4 is 23.3 Å². The molecule has 0 aromatic heterocycles. The summed E-state index contributed by atoms with van der Waals surface area (Å²) in [5, 5.41) is 13.5. The molecule has 0 aliphatic heterocycles. The summed E-state index contributed by atoms with van der Waals surface area (Å²) in [5.74, 6) is -0.551. The Morgan fingerprint density at radius 2 is 1.90 bits per heavy atom. The molecule has 160 valence electrons. The molecule has 0 heterocycles. The zero-order valence-electron chi connectivity index (χ0n) is 17.0. The Kier molecular flexibility index (Phi) is 8.16. The molecule has 0 bridgehead atoms. The van der Waals surface area contributed by atoms with Crippen molar-refractivity contribution < 1.29 is 28.7 Å². The van der Waals surface area contributed by atoms with Crippen LogP contribution in [0.2, 0.25) is 0 Å². The lowest BCUT2D eigenvalue weighted by Crippen LogP contribution is -2.30. The molecule has 9 nitrogen and oxygen atoms in total. The first kappa shape index (κ1) is 22.7. The Labute approximate surface area is 174 Å². The highest BCUT2D eigenvalue weighted by atomic mass is 16.6. The number of nitro benzene ring substituents is 1. The third-order valence-corrected chi connectivity index (χ3v) is 4.17. The van der Waals surface area contributed by atoms with Crippen molar-refractivity contribution in [2.75, 3.05) is 19.0 Å². The lowest BCUT2D eigenvalue weighted by atomic mass is 10.2. The van der Waals surface area contributed by atoms with E-state index in [2.05, 4.69) is 5.32 Å². The smallest absolute Gasteiger partial charge is 0.339 e. The van der Waals surface area contributed by atoms with Crippen molar-refractivity contribution in [1.82, 2.24) is 0 Å². The number of hydrogen-bond acceptors (Lipinski definition) is 7. The van der Waals surface area contributed by atoms with Crippen LogP contribution in [0.1, 0.15) is 37.0 Å². The highest BCUT2D eigenvalue weighted by Gasteiger charge is 2.23. The number of unbranched alkanes of at least 4 members (excludes halogenated alkanes) is 1. The minimum absolute atomic E-state index is 0.0191. The van der Waals surface area contributed by atoms with Gasteiger partial charge in [-0.05, 0) is 37.6 Å². The number of amides is 1. The van der Waals surface area contributed by atoms with Gasteiger partial charge in [0.1, 0.15) is 5.69 Å². The molecule has 2 rings (SSSR count). The second-order valence-corrected chi connectivity index (χ2v) is 6.38. The van der Waals surface area contributed by atoms with E-state index in [0.29, 0.717) is 18.1 Å². The van der Waals surface area contributed by atoms with Gasteiger partial charge in [-0.25, -0.2) is 4.79 Å². The average Bonchev–Trinajstić information content (AvgIpc) is 2.74. The van der Waals surface area contributed by atoms with E-state index >= 15 is 0 Å². The van der Waals surface area contributed by atoms with E-state index in [1.807, 2.05) is 6.92 Å². The van der Waals surface area contributed by atoms with Crippen LogP contribution in [0.5, 0.6) is 11.5 Å². The summed E-state index contributed by atoms with van der Waals surface area (Å²) in [4.78, 5) is 35.2. The molecule has 0 saturated heterocycles. The second-order valence-electron chi connectivity index (χ2n) is 6.38. The molecule has 0 fully saturated rings. The first-order chi connectivity index (χ1) is 14.4. The van der Waals surface area contributed by atoms with Crippen LogP contribution in [0, 0.1) is 10.1 Å². The zero-order chi connectivity index (χ0) is 22.1. The number of hydrogen-bond donors (Lipinski definition) is 1. The first-order valence-electron chi connectivity index (χ1n) is 9.43. The number of carbonyl (C=O) groups is 2. The van der Waals surface area contributed by atoms with Crippen LogP contribution in [0.15, 0.2) is 42.5 Å². The van der Waals surface area contributed by atoms with Crippen molar-refractivity contribution in [3.8, 4) is 11.5 Å². The number of methoxy groups -OCH3 is 1. The lowest BCUT2D eigenvalue weighted by Gasteiger charge is -2.15. The van der Waals surface area contributed by atoms with Crippen LogP contribution in [-0.2, 0) is 9.53 Å². The van der Waals surface area contributed by atoms with Gasteiger partial charge in [0, 0.05) is 6.07 Å². The van der Waals surface area contributed by atoms with E-state index in [1.165, 1.54) is 44.4 Å². The summed E-state index contributed by atoms with van der Waals surface area (Å²) < 4.78 is 16.1. The average molecular weight is 416 g/mol. The van der Waals surface area contributed by atoms with Crippen molar-refractivity contribution in [2.24, 2.45) is 0 Å². The summed E-state index contributed by atoms with van der Waals surface area (Å²) in [6.45, 7) is 3.95. The van der Waals surface area contributed by atoms with Gasteiger partial charge in [-0.2, -0.15) is 0 Å². The summed E-state index contributed by atoms with van der Waals surface area (Å²) in [6.07, 6.45) is 0.696. The molecule has 0 aliphatic rings. The molecule has 1 N–H and O–H groups in total. The van der Waals surface area contributed by atoms with E-state index in [0.717, 1.165) is 12.8 Å². The van der Waals surface area contributed by atoms with Gasteiger partial charge in [0.2, 0.25) is 0 Å². The molecule has 0 radical (unpaired) electrons. The molecular weight excluding hydrogens is 392 g/mol. The predicted molar refractivity (Wildman–Crippen MR) is 110 cm³/mol. The normalized spacial score (nSPS) is 11.3. The maximum absolute atomic E-state index is 12.4. The fraction of sp³-hybridized carbons (Fsp3) is 0.333. The summed E-state index contributed by atoms with van der Waals surface area (Å²) >= 11 is 0. The van der Waals surface area contributed by atoms with Gasteiger partial charge in [-0.3, -0.25) is 14.9 Å². The number of para-hydroxylation sites is 2. The molecule has 1 atom stereocenters. The quantitative estimate of drug-likeness (QED) is 0.269. The number of nitro groups is 1. The molecule has 1 unspecified atom stereocenters. The molecule has 0 aliphatic carbocycles. The van der Waals surface area contributed by atoms with Crippen molar-refractivity contribution in [2.45, 2.75) is 32.8 Å². The number of nitrogens with zero attached hydrogens (tertiary/aromatic N) is 1. The molecule has 30 heavy (non-hydrogen) atoms. The van der Waals surface area contributed by atoms with Gasteiger partial charge in [-0.15, -0.1) is 0 Å². The summed E-state index contributed by atoms with van der Waals surface area (Å²) in [5.41, 5.74) is -0.0570. The molecule has 9 heteroatoms. The van der Waals surface area contributed by atoms with Crippen molar-refractivity contribution in [3.63, 3.8) is 0 Å². The number of esters is 1. The molecular formula is C21H24N2O7. The van der Waals surface area contributed by atoms with Crippen LogP contribution < -0.4 is 14.8 Å². The minimum Gasteiger partial charge on any atom is -0.493 e. The number of nitrogens with one attached hydrogen (secondary N) is 1. The monoisotopic (exact) mass is 416 g/mol. The third-order valence-electron chi connectivity index (χ3n) is 4.17. The van der Waals surface area contributed by atoms with Gasteiger partial charge in [-0.1, -0.05) is 25.5 Å². The maximum atomic E-state index is 12.4. The van der Waals surface area contributed by atoms with Crippen LogP contribution in [0.25, 0.3) is 0 Å². The second kappa shape index (κ2) is 10.8. The molecule has 0 saturated carbocycles. The van der Waals surface area contributed by atoms with E-state index in [-0.39, 0.29) is 16.9 Å². The van der Waals surface area contributed by atoms with Gasteiger partial charge in [0.15, 0.2) is 17.6 Å². The maximum Gasteiger partial charge on any atom is 0.339 e. The van der Waals surface area contributed by atoms with Crippen LogP contribution >= 0.6 is 0 Å². The van der Waals surface area contributed by atoms with E-state index in [4.69, 9.17) is 14.2 Å². The molecule has 0 spiro atoms. The van der Waals surface area contributed by atoms with E-state index in [1.54, 1.807) is 12.1 Å². The summed E-state index contributed by atoms with van der Waals surface area (Å²) in [6, 6.07) is 10.3. The number of benzene rings is 2. The Morgan fingerprint density at radius 3 is 2.57 bits per heavy atom. The summed E-state index contributed by atoms with van der Waals surface area (Å²) in [7, 11) is 1.46. The minimum atomic E-state index is -1.18. The van der Waals surface area contributed by atoms with E-state index < -0.39 is 22.9 Å². The molecule has 2 aromatic carbocycles. The lowest BCUT2D eigenvalue weighted by molar-refractivity contribution is -0.383. The van der Waals surface area contributed by atoms with Crippen LogP contribution in [-0.4, -0.2) is 36.6 Å². The Balaban J connectivity index is 2.04.